The number of amides is 2. The molecule has 1 aliphatic rings. The molecule has 1 saturated carbocycles. The normalized spacial score (nSPS) is 16.6. The number of carbonyl (C=O) groups excluding carboxylic acids is 1. The Balaban J connectivity index is 2.20. The molecule has 2 amide bonds. The van der Waals surface area contributed by atoms with Crippen LogP contribution in [0.3, 0.4) is 0 Å². The van der Waals surface area contributed by atoms with Gasteiger partial charge < -0.3 is 15.3 Å². The molecule has 0 aliphatic heterocycles. The molecule has 2 N–H and O–H groups in total. The minimum Gasteiger partial charge on any atom is -0.389 e. The highest BCUT2D eigenvalue weighted by Crippen LogP contribution is 2.27. The fourth-order valence-corrected chi connectivity index (χ4v) is 1.34. The van der Waals surface area contributed by atoms with Crippen molar-refractivity contribution in [2.45, 2.75) is 32.3 Å². The Labute approximate surface area is 85.3 Å². The van der Waals surface area contributed by atoms with Crippen LogP contribution in [-0.4, -0.2) is 41.8 Å². The maximum atomic E-state index is 11.5. The third-order valence-electron chi connectivity index (χ3n) is 2.21. The van der Waals surface area contributed by atoms with E-state index in [9.17, 15) is 9.90 Å². The van der Waals surface area contributed by atoms with Crippen LogP contribution in [0.1, 0.15) is 26.7 Å². The Morgan fingerprint density at radius 2 is 2.14 bits per heavy atom. The summed E-state index contributed by atoms with van der Waals surface area (Å²) in [6.07, 6.45) is 2.46. The van der Waals surface area contributed by atoms with Crippen molar-refractivity contribution in [2.24, 2.45) is 5.92 Å². The topological polar surface area (TPSA) is 52.6 Å². The van der Waals surface area contributed by atoms with Gasteiger partial charge in [0, 0.05) is 13.6 Å². The van der Waals surface area contributed by atoms with Gasteiger partial charge in [-0.05, 0) is 32.6 Å². The first kappa shape index (κ1) is 11.3. The number of urea groups is 1. The highest BCUT2D eigenvalue weighted by molar-refractivity contribution is 5.73. The van der Waals surface area contributed by atoms with E-state index in [4.69, 9.17) is 0 Å². The molecule has 0 radical (unpaired) electrons. The largest absolute Gasteiger partial charge is 0.389 e. The van der Waals surface area contributed by atoms with E-state index >= 15 is 0 Å². The summed E-state index contributed by atoms with van der Waals surface area (Å²) >= 11 is 0. The van der Waals surface area contributed by atoms with Gasteiger partial charge in [0.1, 0.15) is 0 Å². The first-order valence-electron chi connectivity index (χ1n) is 5.10. The van der Waals surface area contributed by atoms with Crippen LogP contribution in [0.25, 0.3) is 0 Å². The lowest BCUT2D eigenvalue weighted by molar-refractivity contribution is 0.0532. The molecule has 1 fully saturated rings. The van der Waals surface area contributed by atoms with Gasteiger partial charge in [-0.2, -0.15) is 0 Å². The lowest BCUT2D eigenvalue weighted by atomic mass is 10.1. The second-order valence-electron chi connectivity index (χ2n) is 4.80. The molecule has 0 aromatic heterocycles. The average Bonchev–Trinajstić information content (AvgIpc) is 2.79. The third-order valence-corrected chi connectivity index (χ3v) is 2.21. The quantitative estimate of drug-likeness (QED) is 0.705. The van der Waals surface area contributed by atoms with Crippen LogP contribution in [0.5, 0.6) is 0 Å². The number of hydrogen-bond donors (Lipinski definition) is 2. The number of carbonyl (C=O) groups is 1. The van der Waals surface area contributed by atoms with Gasteiger partial charge in [-0.25, -0.2) is 4.79 Å². The van der Waals surface area contributed by atoms with Crippen molar-refractivity contribution >= 4 is 6.03 Å². The lowest BCUT2D eigenvalue weighted by Crippen LogP contribution is -2.45. The van der Waals surface area contributed by atoms with Crippen LogP contribution in [0.4, 0.5) is 4.79 Å². The van der Waals surface area contributed by atoms with Crippen molar-refractivity contribution in [1.82, 2.24) is 10.2 Å². The molecule has 14 heavy (non-hydrogen) atoms. The zero-order valence-corrected chi connectivity index (χ0v) is 9.21. The number of likely N-dealkylation sites (N-methyl/N-ethyl adjacent to an activating group) is 1. The van der Waals surface area contributed by atoms with E-state index in [0.717, 1.165) is 6.54 Å². The Kier molecular flexibility index (Phi) is 3.37. The standard InChI is InChI=1S/C10H20N2O2/c1-10(2,14)7-12(3)9(13)11-6-8-4-5-8/h8,14H,4-7H2,1-3H3,(H,11,13). The number of aliphatic hydroxyl groups is 1. The van der Waals surface area contributed by atoms with Crippen molar-refractivity contribution in [2.75, 3.05) is 20.1 Å². The smallest absolute Gasteiger partial charge is 0.317 e. The van der Waals surface area contributed by atoms with E-state index in [-0.39, 0.29) is 6.03 Å². The molecular formula is C10H20N2O2. The van der Waals surface area contributed by atoms with E-state index in [1.54, 1.807) is 20.9 Å². The molecule has 0 aromatic rings. The molecule has 0 unspecified atom stereocenters. The van der Waals surface area contributed by atoms with E-state index in [2.05, 4.69) is 5.32 Å². The number of nitrogens with one attached hydrogen (secondary N) is 1. The molecule has 82 valence electrons. The van der Waals surface area contributed by atoms with E-state index in [0.29, 0.717) is 12.5 Å². The van der Waals surface area contributed by atoms with E-state index < -0.39 is 5.60 Å². The fourth-order valence-electron chi connectivity index (χ4n) is 1.34. The molecule has 4 heteroatoms. The molecule has 0 aromatic carbocycles. The van der Waals surface area contributed by atoms with Crippen LogP contribution >= 0.6 is 0 Å². The summed E-state index contributed by atoms with van der Waals surface area (Å²) in [5.74, 6) is 0.689. The zero-order valence-electron chi connectivity index (χ0n) is 9.21. The van der Waals surface area contributed by atoms with Gasteiger partial charge in [0.2, 0.25) is 0 Å². The van der Waals surface area contributed by atoms with Crippen molar-refractivity contribution in [3.63, 3.8) is 0 Å². The predicted octanol–water partition coefficient (Wildman–Crippen LogP) is 0.809. The molecule has 0 atom stereocenters. The van der Waals surface area contributed by atoms with Crippen LogP contribution in [-0.2, 0) is 0 Å². The highest BCUT2D eigenvalue weighted by Gasteiger charge is 2.23. The van der Waals surface area contributed by atoms with Crippen molar-refractivity contribution in [3.05, 3.63) is 0 Å². The molecule has 0 spiro atoms. The first-order valence-corrected chi connectivity index (χ1v) is 5.10. The van der Waals surface area contributed by atoms with Gasteiger partial charge in [0.15, 0.2) is 0 Å². The van der Waals surface area contributed by atoms with Gasteiger partial charge in [-0.15, -0.1) is 0 Å². The van der Waals surface area contributed by atoms with Crippen LogP contribution in [0, 0.1) is 5.92 Å². The summed E-state index contributed by atoms with van der Waals surface area (Å²) in [5, 5.41) is 12.3. The zero-order chi connectivity index (χ0) is 10.8. The second kappa shape index (κ2) is 4.17. The summed E-state index contributed by atoms with van der Waals surface area (Å²) in [6, 6.07) is -0.0981. The van der Waals surface area contributed by atoms with Gasteiger partial charge in [-0.1, -0.05) is 0 Å². The lowest BCUT2D eigenvalue weighted by Gasteiger charge is -2.25. The molecular weight excluding hydrogens is 180 g/mol. The number of rotatable bonds is 4. The molecule has 4 nitrogen and oxygen atoms in total. The van der Waals surface area contributed by atoms with Gasteiger partial charge >= 0.3 is 6.03 Å². The number of nitrogens with zero attached hydrogens (tertiary/aromatic N) is 1. The summed E-state index contributed by atoms with van der Waals surface area (Å²) in [6.45, 7) is 4.51. The Morgan fingerprint density at radius 1 is 1.57 bits per heavy atom. The maximum absolute atomic E-state index is 11.5. The second-order valence-corrected chi connectivity index (χ2v) is 4.80. The molecule has 1 rings (SSSR count). The Morgan fingerprint density at radius 3 is 2.57 bits per heavy atom. The Bertz CT molecular complexity index is 207. The van der Waals surface area contributed by atoms with Gasteiger partial charge in [-0.3, -0.25) is 0 Å². The van der Waals surface area contributed by atoms with Crippen molar-refractivity contribution < 1.29 is 9.90 Å². The summed E-state index contributed by atoms with van der Waals surface area (Å²) < 4.78 is 0. The SMILES string of the molecule is CN(CC(C)(C)O)C(=O)NCC1CC1. The first-order chi connectivity index (χ1) is 6.38. The van der Waals surface area contributed by atoms with Crippen LogP contribution in [0.2, 0.25) is 0 Å². The maximum Gasteiger partial charge on any atom is 0.317 e. The van der Waals surface area contributed by atoms with E-state index in [1.807, 2.05) is 0 Å². The molecule has 1 aliphatic carbocycles. The highest BCUT2D eigenvalue weighted by atomic mass is 16.3. The molecule has 0 bridgehead atoms. The summed E-state index contributed by atoms with van der Waals surface area (Å²) in [7, 11) is 1.69. The molecule has 0 saturated heterocycles. The molecule has 0 heterocycles. The summed E-state index contributed by atoms with van der Waals surface area (Å²) in [5.41, 5.74) is -0.828. The average molecular weight is 200 g/mol. The van der Waals surface area contributed by atoms with Gasteiger partial charge in [0.05, 0.1) is 12.1 Å². The minimum absolute atomic E-state index is 0.0981. The van der Waals surface area contributed by atoms with E-state index in [1.165, 1.54) is 17.7 Å². The predicted molar refractivity (Wildman–Crippen MR) is 55.1 cm³/mol. The summed E-state index contributed by atoms with van der Waals surface area (Å²) in [4.78, 5) is 13.0. The third kappa shape index (κ3) is 4.46. The Hall–Kier alpha value is -0.770. The van der Waals surface area contributed by atoms with Crippen molar-refractivity contribution in [1.29, 1.82) is 0 Å². The fraction of sp³-hybridized carbons (Fsp3) is 0.900. The van der Waals surface area contributed by atoms with Crippen molar-refractivity contribution in [3.8, 4) is 0 Å². The van der Waals surface area contributed by atoms with Crippen LogP contribution < -0.4 is 5.32 Å². The minimum atomic E-state index is -0.828. The number of hydrogen-bond acceptors (Lipinski definition) is 2. The van der Waals surface area contributed by atoms with Crippen LogP contribution in [0.15, 0.2) is 0 Å². The van der Waals surface area contributed by atoms with Gasteiger partial charge in [0.25, 0.3) is 0 Å². The monoisotopic (exact) mass is 200 g/mol.